The molecule has 5 heteroatoms. The van der Waals surface area contributed by atoms with E-state index in [1.165, 1.54) is 0 Å². The van der Waals surface area contributed by atoms with Crippen molar-refractivity contribution in [1.82, 2.24) is 0 Å². The molecule has 0 unspecified atom stereocenters. The fourth-order valence-electron chi connectivity index (χ4n) is 0.864. The molecule has 0 atom stereocenters. The second-order valence-electron chi connectivity index (χ2n) is 2.67. The van der Waals surface area contributed by atoms with E-state index in [9.17, 15) is 13.2 Å². The first-order valence-electron chi connectivity index (χ1n) is 4.45. The fraction of sp³-hybridized carbons (Fsp3) is 0.400. The topological polar surface area (TPSA) is 26.0 Å². The van der Waals surface area contributed by atoms with E-state index in [4.69, 9.17) is 5.73 Å². The van der Waals surface area contributed by atoms with Gasteiger partial charge in [0.2, 0.25) is 0 Å². The number of alkyl halides is 3. The Labute approximate surface area is 95.6 Å². The summed E-state index contributed by atoms with van der Waals surface area (Å²) in [4.78, 5) is 0. The van der Waals surface area contributed by atoms with Crippen LogP contribution in [0.5, 0.6) is 0 Å². The summed E-state index contributed by atoms with van der Waals surface area (Å²) in [6.07, 6.45) is -4.34. The summed E-state index contributed by atoms with van der Waals surface area (Å²) in [6.45, 7) is 5.65. The maximum atomic E-state index is 12.2. The van der Waals surface area contributed by atoms with Gasteiger partial charge in [-0.25, -0.2) is 0 Å². The van der Waals surface area contributed by atoms with E-state index in [0.29, 0.717) is 10.0 Å². The van der Waals surface area contributed by atoms with Gasteiger partial charge in [0.25, 0.3) is 0 Å². The highest BCUT2D eigenvalue weighted by molar-refractivity contribution is 9.10. The van der Waals surface area contributed by atoms with Crippen LogP contribution >= 0.6 is 15.9 Å². The molecule has 1 aromatic carbocycles. The molecule has 0 aliphatic carbocycles. The predicted octanol–water partition coefficient (Wildman–Crippen LogP) is 4.38. The minimum Gasteiger partial charge on any atom is -0.398 e. The van der Waals surface area contributed by atoms with Crippen molar-refractivity contribution in [2.24, 2.45) is 0 Å². The Bertz CT molecular complexity index is 311. The van der Waals surface area contributed by atoms with Crippen molar-refractivity contribution in [1.29, 1.82) is 0 Å². The maximum Gasteiger partial charge on any atom is 0.416 e. The lowest BCUT2D eigenvalue weighted by atomic mass is 10.1. The summed E-state index contributed by atoms with van der Waals surface area (Å²) >= 11 is 3.01. The highest BCUT2D eigenvalue weighted by Crippen LogP contribution is 2.34. The average Bonchev–Trinajstić information content (AvgIpc) is 2.15. The first kappa shape index (κ1) is 14.3. The van der Waals surface area contributed by atoms with Crippen molar-refractivity contribution in [3.63, 3.8) is 0 Å². The minimum atomic E-state index is -4.34. The molecule has 0 saturated carbocycles. The van der Waals surface area contributed by atoms with Gasteiger partial charge in [0, 0.05) is 10.2 Å². The lowest BCUT2D eigenvalue weighted by Crippen LogP contribution is -2.06. The summed E-state index contributed by atoms with van der Waals surface area (Å²) in [6, 6.07) is 1.95. The van der Waals surface area contributed by atoms with E-state index < -0.39 is 11.7 Å². The van der Waals surface area contributed by atoms with Crippen LogP contribution in [0.3, 0.4) is 0 Å². The van der Waals surface area contributed by atoms with Crippen molar-refractivity contribution < 1.29 is 13.2 Å². The van der Waals surface area contributed by atoms with E-state index >= 15 is 0 Å². The lowest BCUT2D eigenvalue weighted by Gasteiger charge is -2.10. The zero-order chi connectivity index (χ0) is 12.2. The molecule has 0 heterocycles. The molecule has 15 heavy (non-hydrogen) atoms. The molecule has 1 aromatic rings. The van der Waals surface area contributed by atoms with Crippen molar-refractivity contribution in [2.45, 2.75) is 26.9 Å². The molecular formula is C10H13BrF3N. The number of nitrogens with two attached hydrogens (primary N) is 1. The molecule has 0 aliphatic rings. The summed E-state index contributed by atoms with van der Waals surface area (Å²) in [7, 11) is 0. The predicted molar refractivity (Wildman–Crippen MR) is 59.6 cm³/mol. The number of anilines is 1. The summed E-state index contributed by atoms with van der Waals surface area (Å²) in [5, 5.41) is 0. The first-order chi connectivity index (χ1) is 6.82. The molecule has 1 rings (SSSR count). The third-order valence-corrected chi connectivity index (χ3v) is 2.54. The highest BCUT2D eigenvalue weighted by Gasteiger charge is 2.31. The van der Waals surface area contributed by atoms with Gasteiger partial charge in [-0.3, -0.25) is 0 Å². The second-order valence-corrected chi connectivity index (χ2v) is 3.52. The van der Waals surface area contributed by atoms with E-state index in [1.54, 1.807) is 6.92 Å². The van der Waals surface area contributed by atoms with Crippen LogP contribution < -0.4 is 5.73 Å². The third kappa shape index (κ3) is 3.74. The number of halogens is 4. The van der Waals surface area contributed by atoms with Crippen molar-refractivity contribution in [2.75, 3.05) is 5.73 Å². The normalized spacial score (nSPS) is 10.6. The minimum absolute atomic E-state index is 0.140. The number of hydrogen-bond donors (Lipinski definition) is 1. The van der Waals surface area contributed by atoms with Crippen LogP contribution in [0.4, 0.5) is 18.9 Å². The van der Waals surface area contributed by atoms with Crippen LogP contribution in [0.2, 0.25) is 0 Å². The van der Waals surface area contributed by atoms with Gasteiger partial charge in [0.1, 0.15) is 0 Å². The fourth-order valence-corrected chi connectivity index (χ4v) is 1.34. The van der Waals surface area contributed by atoms with Gasteiger partial charge in [0.05, 0.1) is 5.56 Å². The monoisotopic (exact) mass is 283 g/mol. The van der Waals surface area contributed by atoms with Gasteiger partial charge in [-0.05, 0) is 24.6 Å². The van der Waals surface area contributed by atoms with Gasteiger partial charge in [-0.2, -0.15) is 13.2 Å². The number of benzene rings is 1. The van der Waals surface area contributed by atoms with Crippen LogP contribution in [-0.4, -0.2) is 0 Å². The van der Waals surface area contributed by atoms with Crippen LogP contribution in [0.1, 0.15) is 25.0 Å². The van der Waals surface area contributed by atoms with E-state index in [-0.39, 0.29) is 5.69 Å². The quantitative estimate of drug-likeness (QED) is 0.703. The largest absolute Gasteiger partial charge is 0.416 e. The van der Waals surface area contributed by atoms with E-state index in [1.807, 2.05) is 13.8 Å². The van der Waals surface area contributed by atoms with Crippen LogP contribution in [0.15, 0.2) is 16.6 Å². The van der Waals surface area contributed by atoms with Crippen LogP contribution in [-0.2, 0) is 6.18 Å². The van der Waals surface area contributed by atoms with Gasteiger partial charge < -0.3 is 5.73 Å². The molecule has 2 N–H and O–H groups in total. The molecule has 0 aromatic heterocycles. The van der Waals surface area contributed by atoms with Crippen LogP contribution in [0, 0.1) is 6.92 Å². The smallest absolute Gasteiger partial charge is 0.398 e. The zero-order valence-electron chi connectivity index (χ0n) is 8.74. The average molecular weight is 284 g/mol. The first-order valence-corrected chi connectivity index (χ1v) is 5.24. The van der Waals surface area contributed by atoms with Crippen molar-refractivity contribution in [3.8, 4) is 0 Å². The Kier molecular flexibility index (Phi) is 5.14. The molecule has 1 nitrogen and oxygen atoms in total. The van der Waals surface area contributed by atoms with E-state index in [2.05, 4.69) is 15.9 Å². The Morgan fingerprint density at radius 1 is 1.20 bits per heavy atom. The lowest BCUT2D eigenvalue weighted by molar-refractivity contribution is -0.137. The standard InChI is InChI=1S/C8H7BrF3N.C2H6/c1-4-6(9)2-5(3-7(4)13)8(10,11)12;1-2/h2-3H,13H2,1H3;1-2H3. The SMILES string of the molecule is CC.Cc1c(N)cc(C(F)(F)F)cc1Br. The zero-order valence-corrected chi connectivity index (χ0v) is 10.3. The van der Waals surface area contributed by atoms with Crippen molar-refractivity contribution >= 4 is 21.6 Å². The molecule has 0 amide bonds. The number of rotatable bonds is 0. The highest BCUT2D eigenvalue weighted by atomic mass is 79.9. The Morgan fingerprint density at radius 3 is 2.00 bits per heavy atom. The van der Waals surface area contributed by atoms with Gasteiger partial charge >= 0.3 is 6.18 Å². The molecule has 0 saturated heterocycles. The molecule has 0 aliphatic heterocycles. The van der Waals surface area contributed by atoms with Gasteiger partial charge in [0.15, 0.2) is 0 Å². The molecule has 0 fully saturated rings. The molecule has 0 bridgehead atoms. The Morgan fingerprint density at radius 2 is 1.67 bits per heavy atom. The molecule has 0 spiro atoms. The maximum absolute atomic E-state index is 12.2. The molecule has 86 valence electrons. The Hall–Kier alpha value is -0.710. The van der Waals surface area contributed by atoms with Crippen LogP contribution in [0.25, 0.3) is 0 Å². The molecule has 0 radical (unpaired) electrons. The number of hydrogen-bond acceptors (Lipinski definition) is 1. The second kappa shape index (κ2) is 5.39. The molecular weight excluding hydrogens is 271 g/mol. The summed E-state index contributed by atoms with van der Waals surface area (Å²) in [5.41, 5.74) is 5.41. The van der Waals surface area contributed by atoms with E-state index in [0.717, 1.165) is 12.1 Å². The summed E-state index contributed by atoms with van der Waals surface area (Å²) in [5.74, 6) is 0. The Balaban J connectivity index is 0.000000921. The van der Waals surface area contributed by atoms with Crippen molar-refractivity contribution in [3.05, 3.63) is 27.7 Å². The van der Waals surface area contributed by atoms with Gasteiger partial charge in [-0.15, -0.1) is 0 Å². The third-order valence-electron chi connectivity index (χ3n) is 1.71. The van der Waals surface area contributed by atoms with Gasteiger partial charge in [-0.1, -0.05) is 29.8 Å². The number of nitrogen functional groups attached to an aromatic ring is 1. The summed E-state index contributed by atoms with van der Waals surface area (Å²) < 4.78 is 37.0.